The average Bonchev–Trinajstić information content (AvgIpc) is 2.16. The van der Waals surface area contributed by atoms with Gasteiger partial charge in [0.2, 0.25) is 0 Å². The molecular formula is C11H11Br2NO. The van der Waals surface area contributed by atoms with Gasteiger partial charge in [-0.05, 0) is 24.6 Å². The number of hydrogen-bond acceptors (Lipinski definition) is 1. The number of nitrogens with one attached hydrogen (secondary N) is 1. The third-order valence-electron chi connectivity index (χ3n) is 1.76. The second-order valence-corrected chi connectivity index (χ2v) is 4.82. The predicted molar refractivity (Wildman–Crippen MR) is 69.0 cm³/mol. The number of carbonyl (C=O) groups is 1. The number of amides is 1. The first-order valence-electron chi connectivity index (χ1n) is 4.48. The van der Waals surface area contributed by atoms with E-state index in [1.54, 1.807) is 18.2 Å². The lowest BCUT2D eigenvalue weighted by Gasteiger charge is -2.04. The fourth-order valence-corrected chi connectivity index (χ4v) is 2.37. The lowest BCUT2D eigenvalue weighted by atomic mass is 10.2. The van der Waals surface area contributed by atoms with Crippen molar-refractivity contribution in [2.24, 2.45) is 0 Å². The molecule has 1 amide bonds. The summed E-state index contributed by atoms with van der Waals surface area (Å²) in [4.78, 5) is 11.6. The van der Waals surface area contributed by atoms with Crippen molar-refractivity contribution in [2.45, 2.75) is 6.42 Å². The Hall–Kier alpha value is -0.610. The number of rotatable bonds is 4. The minimum Gasteiger partial charge on any atom is -0.352 e. The van der Waals surface area contributed by atoms with Gasteiger partial charge >= 0.3 is 0 Å². The quantitative estimate of drug-likeness (QED) is 0.663. The molecule has 0 saturated carbocycles. The van der Waals surface area contributed by atoms with E-state index >= 15 is 0 Å². The van der Waals surface area contributed by atoms with E-state index < -0.39 is 0 Å². The van der Waals surface area contributed by atoms with Crippen LogP contribution in [0.2, 0.25) is 0 Å². The summed E-state index contributed by atoms with van der Waals surface area (Å²) in [5, 5.41) is 2.80. The summed E-state index contributed by atoms with van der Waals surface area (Å²) in [5.41, 5.74) is 0.639. The number of benzene rings is 1. The predicted octanol–water partition coefficient (Wildman–Crippen LogP) is 3.52. The molecule has 0 aliphatic heterocycles. The van der Waals surface area contributed by atoms with Crippen LogP contribution in [0, 0.1) is 0 Å². The molecule has 0 aliphatic carbocycles. The molecule has 1 N–H and O–H groups in total. The Morgan fingerprint density at radius 2 is 1.93 bits per heavy atom. The summed E-state index contributed by atoms with van der Waals surface area (Å²) in [6.45, 7) is 4.21. The van der Waals surface area contributed by atoms with E-state index in [0.717, 1.165) is 15.4 Å². The molecule has 0 fully saturated rings. The van der Waals surface area contributed by atoms with Crippen LogP contribution in [0.4, 0.5) is 0 Å². The second-order valence-electron chi connectivity index (χ2n) is 2.99. The Kier molecular flexibility index (Phi) is 5.05. The number of carbonyl (C=O) groups excluding carboxylic acids is 1. The lowest BCUT2D eigenvalue weighted by Crippen LogP contribution is -2.24. The van der Waals surface area contributed by atoms with Crippen LogP contribution >= 0.6 is 31.9 Å². The van der Waals surface area contributed by atoms with Gasteiger partial charge in [-0.3, -0.25) is 4.79 Å². The van der Waals surface area contributed by atoms with Crippen molar-refractivity contribution in [3.05, 3.63) is 45.4 Å². The van der Waals surface area contributed by atoms with E-state index in [-0.39, 0.29) is 5.91 Å². The van der Waals surface area contributed by atoms with Crippen LogP contribution in [0.15, 0.2) is 39.8 Å². The van der Waals surface area contributed by atoms with Crippen molar-refractivity contribution in [3.8, 4) is 0 Å². The molecule has 0 saturated heterocycles. The van der Waals surface area contributed by atoms with Crippen LogP contribution < -0.4 is 5.32 Å². The zero-order valence-electron chi connectivity index (χ0n) is 8.09. The largest absolute Gasteiger partial charge is 0.352 e. The van der Waals surface area contributed by atoms with Crippen LogP contribution in [-0.2, 0) is 0 Å². The Bertz CT molecular complexity index is 357. The number of halogens is 2. The highest BCUT2D eigenvalue weighted by atomic mass is 79.9. The summed E-state index contributed by atoms with van der Waals surface area (Å²) < 4.78 is 1.76. The standard InChI is InChI=1S/C11H11Br2NO/c1-2-3-4-14-11(15)8-5-9(12)7-10(13)6-8/h2,5-7H,1,3-4H2,(H,14,15). The van der Waals surface area contributed by atoms with Gasteiger partial charge in [0.05, 0.1) is 0 Å². The smallest absolute Gasteiger partial charge is 0.251 e. The third kappa shape index (κ3) is 4.18. The minimum absolute atomic E-state index is 0.0705. The average molecular weight is 333 g/mol. The van der Waals surface area contributed by atoms with Crippen molar-refractivity contribution < 1.29 is 4.79 Å². The maximum Gasteiger partial charge on any atom is 0.251 e. The topological polar surface area (TPSA) is 29.1 Å². The van der Waals surface area contributed by atoms with Crippen molar-refractivity contribution in [1.82, 2.24) is 5.32 Å². The van der Waals surface area contributed by atoms with Crippen LogP contribution in [-0.4, -0.2) is 12.5 Å². The molecule has 1 aromatic rings. The highest BCUT2D eigenvalue weighted by Crippen LogP contribution is 2.19. The van der Waals surface area contributed by atoms with E-state index in [4.69, 9.17) is 0 Å². The van der Waals surface area contributed by atoms with E-state index in [1.165, 1.54) is 0 Å². The molecule has 0 heterocycles. The van der Waals surface area contributed by atoms with Crippen LogP contribution in [0.3, 0.4) is 0 Å². The summed E-state index contributed by atoms with van der Waals surface area (Å²) in [6.07, 6.45) is 2.55. The Balaban J connectivity index is 2.69. The Morgan fingerprint density at radius 1 is 1.33 bits per heavy atom. The van der Waals surface area contributed by atoms with Crippen molar-refractivity contribution in [2.75, 3.05) is 6.54 Å². The SMILES string of the molecule is C=CCCNC(=O)c1cc(Br)cc(Br)c1. The molecule has 0 atom stereocenters. The minimum atomic E-state index is -0.0705. The molecule has 1 rings (SSSR count). The highest BCUT2D eigenvalue weighted by molar-refractivity contribution is 9.11. The zero-order valence-corrected chi connectivity index (χ0v) is 11.3. The van der Waals surface area contributed by atoms with Gasteiger partial charge < -0.3 is 5.32 Å². The van der Waals surface area contributed by atoms with E-state index in [2.05, 4.69) is 43.8 Å². The van der Waals surface area contributed by atoms with E-state index in [9.17, 15) is 4.79 Å². The summed E-state index contributed by atoms with van der Waals surface area (Å²) in [6, 6.07) is 5.46. The molecule has 0 radical (unpaired) electrons. The number of hydrogen-bond donors (Lipinski definition) is 1. The fourth-order valence-electron chi connectivity index (χ4n) is 1.07. The molecule has 0 aliphatic rings. The summed E-state index contributed by atoms with van der Waals surface area (Å²) in [7, 11) is 0. The van der Waals surface area contributed by atoms with Gasteiger partial charge in [-0.15, -0.1) is 6.58 Å². The van der Waals surface area contributed by atoms with Gasteiger partial charge in [0.15, 0.2) is 0 Å². The van der Waals surface area contributed by atoms with Crippen molar-refractivity contribution >= 4 is 37.8 Å². The van der Waals surface area contributed by atoms with Gasteiger partial charge in [-0.1, -0.05) is 37.9 Å². The lowest BCUT2D eigenvalue weighted by molar-refractivity contribution is 0.0954. The third-order valence-corrected chi connectivity index (χ3v) is 2.67. The molecule has 4 heteroatoms. The monoisotopic (exact) mass is 331 g/mol. The second kappa shape index (κ2) is 6.08. The van der Waals surface area contributed by atoms with Gasteiger partial charge in [-0.25, -0.2) is 0 Å². The Morgan fingerprint density at radius 3 is 2.47 bits per heavy atom. The first-order valence-corrected chi connectivity index (χ1v) is 6.07. The molecule has 0 unspecified atom stereocenters. The van der Waals surface area contributed by atoms with Gasteiger partial charge in [0.1, 0.15) is 0 Å². The molecule has 80 valence electrons. The molecule has 0 spiro atoms. The highest BCUT2D eigenvalue weighted by Gasteiger charge is 2.06. The molecule has 0 bridgehead atoms. The van der Waals surface area contributed by atoms with Crippen LogP contribution in [0.1, 0.15) is 16.8 Å². The molecule has 0 aromatic heterocycles. The summed E-state index contributed by atoms with van der Waals surface area (Å²) >= 11 is 6.67. The zero-order chi connectivity index (χ0) is 11.3. The van der Waals surface area contributed by atoms with Crippen LogP contribution in [0.25, 0.3) is 0 Å². The van der Waals surface area contributed by atoms with Gasteiger partial charge in [0.25, 0.3) is 5.91 Å². The maximum absolute atomic E-state index is 11.6. The molecular weight excluding hydrogens is 322 g/mol. The normalized spacial score (nSPS) is 9.73. The van der Waals surface area contributed by atoms with Crippen molar-refractivity contribution in [1.29, 1.82) is 0 Å². The fraction of sp³-hybridized carbons (Fsp3) is 0.182. The first-order chi connectivity index (χ1) is 7.13. The Labute approximate surface area is 106 Å². The molecule has 1 aromatic carbocycles. The maximum atomic E-state index is 11.6. The van der Waals surface area contributed by atoms with Crippen LogP contribution in [0.5, 0.6) is 0 Å². The van der Waals surface area contributed by atoms with E-state index in [0.29, 0.717) is 12.1 Å². The first kappa shape index (κ1) is 12.5. The van der Waals surface area contributed by atoms with Crippen molar-refractivity contribution in [3.63, 3.8) is 0 Å². The summed E-state index contributed by atoms with van der Waals surface area (Å²) in [5.74, 6) is -0.0705. The molecule has 15 heavy (non-hydrogen) atoms. The van der Waals surface area contributed by atoms with Gasteiger partial charge in [-0.2, -0.15) is 0 Å². The van der Waals surface area contributed by atoms with Gasteiger partial charge in [0, 0.05) is 21.1 Å². The molecule has 2 nitrogen and oxygen atoms in total. The van der Waals surface area contributed by atoms with E-state index in [1.807, 2.05) is 6.07 Å².